The maximum absolute atomic E-state index is 6.29. The van der Waals surface area contributed by atoms with Crippen molar-refractivity contribution in [2.24, 2.45) is 5.73 Å². The second-order valence-corrected chi connectivity index (χ2v) is 6.60. The lowest BCUT2D eigenvalue weighted by molar-refractivity contribution is -0.138. The number of hydrogen-bond donors (Lipinski definition) is 1. The summed E-state index contributed by atoms with van der Waals surface area (Å²) in [5.74, 6) is 0. The van der Waals surface area contributed by atoms with E-state index in [1.165, 1.54) is 11.1 Å². The zero-order valence-electron chi connectivity index (χ0n) is 12.1. The van der Waals surface area contributed by atoms with E-state index in [2.05, 4.69) is 49.9 Å². The third-order valence-electron chi connectivity index (χ3n) is 4.27. The smallest absolute Gasteiger partial charge is 0.0757 e. The van der Waals surface area contributed by atoms with E-state index in [9.17, 15) is 0 Å². The Kier molecular flexibility index (Phi) is 3.16. The predicted molar refractivity (Wildman–Crippen MR) is 76.9 cm³/mol. The van der Waals surface area contributed by atoms with Crippen molar-refractivity contribution in [1.29, 1.82) is 0 Å². The van der Waals surface area contributed by atoms with E-state index in [1.54, 1.807) is 0 Å². The van der Waals surface area contributed by atoms with Crippen LogP contribution < -0.4 is 5.73 Å². The highest BCUT2D eigenvalue weighted by molar-refractivity contribution is 5.37. The molecule has 0 amide bonds. The molecule has 19 heavy (non-hydrogen) atoms. The number of hydrogen-bond acceptors (Lipinski definition) is 3. The van der Waals surface area contributed by atoms with Gasteiger partial charge in [-0.2, -0.15) is 0 Å². The van der Waals surface area contributed by atoms with Crippen molar-refractivity contribution in [3.05, 3.63) is 35.4 Å². The Bertz CT molecular complexity index is 472. The van der Waals surface area contributed by atoms with Gasteiger partial charge >= 0.3 is 0 Å². The van der Waals surface area contributed by atoms with Crippen LogP contribution in [0.4, 0.5) is 0 Å². The molecule has 1 aromatic rings. The summed E-state index contributed by atoms with van der Waals surface area (Å²) in [6.07, 6.45) is 1.31. The highest BCUT2D eigenvalue weighted by Crippen LogP contribution is 2.42. The second-order valence-electron chi connectivity index (χ2n) is 6.60. The number of rotatable bonds is 1. The Hall–Kier alpha value is -0.900. The molecule has 3 heteroatoms. The lowest BCUT2D eigenvalue weighted by atomic mass is 10.0. The monoisotopic (exact) mass is 260 g/mol. The van der Waals surface area contributed by atoms with Gasteiger partial charge in [-0.3, -0.25) is 4.90 Å². The van der Waals surface area contributed by atoms with Crippen LogP contribution in [0, 0.1) is 0 Å². The van der Waals surface area contributed by atoms with Crippen LogP contribution in [0.5, 0.6) is 0 Å². The molecule has 3 nitrogen and oxygen atoms in total. The molecule has 1 aliphatic carbocycles. The zero-order valence-corrected chi connectivity index (χ0v) is 12.1. The standard InChI is InChI=1S/C16H24N2O/c1-11-9-18(10-16(2,3)19-11)15-8-14(17)12-6-4-5-7-13(12)15/h4-7,11,14-15H,8-10,17H2,1-3H3. The van der Waals surface area contributed by atoms with E-state index in [0.29, 0.717) is 6.04 Å². The number of morpholine rings is 1. The van der Waals surface area contributed by atoms with Crippen LogP contribution in [-0.4, -0.2) is 29.7 Å². The molecule has 0 spiro atoms. The van der Waals surface area contributed by atoms with Gasteiger partial charge in [-0.15, -0.1) is 0 Å². The average Bonchev–Trinajstić information content (AvgIpc) is 2.65. The normalized spacial score (nSPS) is 34.2. The van der Waals surface area contributed by atoms with Crippen molar-refractivity contribution < 1.29 is 4.74 Å². The van der Waals surface area contributed by atoms with Gasteiger partial charge in [0, 0.05) is 25.2 Å². The minimum atomic E-state index is -0.0701. The molecule has 0 bridgehead atoms. The topological polar surface area (TPSA) is 38.5 Å². The van der Waals surface area contributed by atoms with Crippen LogP contribution in [0.25, 0.3) is 0 Å². The Balaban J connectivity index is 1.88. The molecular weight excluding hydrogens is 236 g/mol. The highest BCUT2D eigenvalue weighted by atomic mass is 16.5. The molecule has 3 atom stereocenters. The second kappa shape index (κ2) is 4.58. The number of ether oxygens (including phenoxy) is 1. The molecule has 0 radical (unpaired) electrons. The SMILES string of the molecule is CC1CN(C2CC(N)c3ccccc32)CC(C)(C)O1. The van der Waals surface area contributed by atoms with Gasteiger partial charge in [0.15, 0.2) is 0 Å². The Morgan fingerprint density at radius 3 is 2.63 bits per heavy atom. The molecule has 2 aliphatic rings. The van der Waals surface area contributed by atoms with Crippen LogP contribution in [0.3, 0.4) is 0 Å². The fourth-order valence-electron chi connectivity index (χ4n) is 3.73. The predicted octanol–water partition coefficient (Wildman–Crippen LogP) is 2.63. The van der Waals surface area contributed by atoms with Crippen molar-refractivity contribution in [1.82, 2.24) is 4.90 Å². The summed E-state index contributed by atoms with van der Waals surface area (Å²) in [6.45, 7) is 8.49. The fourth-order valence-corrected chi connectivity index (χ4v) is 3.73. The third-order valence-corrected chi connectivity index (χ3v) is 4.27. The van der Waals surface area contributed by atoms with E-state index in [-0.39, 0.29) is 17.7 Å². The molecule has 2 N–H and O–H groups in total. The van der Waals surface area contributed by atoms with Crippen molar-refractivity contribution in [3.8, 4) is 0 Å². The molecular formula is C16H24N2O. The molecule has 3 unspecified atom stereocenters. The first-order valence-corrected chi connectivity index (χ1v) is 7.22. The van der Waals surface area contributed by atoms with Gasteiger partial charge in [0.2, 0.25) is 0 Å². The van der Waals surface area contributed by atoms with Gasteiger partial charge in [0.25, 0.3) is 0 Å². The quantitative estimate of drug-likeness (QED) is 0.843. The summed E-state index contributed by atoms with van der Waals surface area (Å²) in [6, 6.07) is 9.26. The summed E-state index contributed by atoms with van der Waals surface area (Å²) in [5.41, 5.74) is 8.96. The minimum Gasteiger partial charge on any atom is -0.370 e. The van der Waals surface area contributed by atoms with Crippen molar-refractivity contribution in [3.63, 3.8) is 0 Å². The summed E-state index contributed by atoms with van der Waals surface area (Å²) in [4.78, 5) is 2.56. The molecule has 1 heterocycles. The van der Waals surface area contributed by atoms with Crippen LogP contribution >= 0.6 is 0 Å². The lowest BCUT2D eigenvalue weighted by Crippen LogP contribution is -2.52. The van der Waals surface area contributed by atoms with Gasteiger partial charge in [0.05, 0.1) is 11.7 Å². The fraction of sp³-hybridized carbons (Fsp3) is 0.625. The maximum Gasteiger partial charge on any atom is 0.0757 e. The molecule has 3 rings (SSSR count). The molecule has 0 aromatic heterocycles. The average molecular weight is 260 g/mol. The van der Waals surface area contributed by atoms with Crippen molar-refractivity contribution in [2.75, 3.05) is 13.1 Å². The summed E-state index contributed by atoms with van der Waals surface area (Å²) >= 11 is 0. The third kappa shape index (κ3) is 2.42. The summed E-state index contributed by atoms with van der Waals surface area (Å²) < 4.78 is 6.01. The van der Waals surface area contributed by atoms with E-state index in [4.69, 9.17) is 10.5 Å². The van der Waals surface area contributed by atoms with E-state index in [0.717, 1.165) is 19.5 Å². The molecule has 104 valence electrons. The van der Waals surface area contributed by atoms with Crippen LogP contribution in [0.15, 0.2) is 24.3 Å². The molecule has 1 fully saturated rings. The van der Waals surface area contributed by atoms with Gasteiger partial charge in [-0.25, -0.2) is 0 Å². The molecule has 0 saturated carbocycles. The number of fused-ring (bicyclic) bond motifs is 1. The van der Waals surface area contributed by atoms with Crippen LogP contribution in [0.2, 0.25) is 0 Å². The first-order valence-electron chi connectivity index (χ1n) is 7.22. The minimum absolute atomic E-state index is 0.0701. The Labute approximate surface area is 115 Å². The number of nitrogens with zero attached hydrogens (tertiary/aromatic N) is 1. The van der Waals surface area contributed by atoms with Gasteiger partial charge < -0.3 is 10.5 Å². The van der Waals surface area contributed by atoms with Crippen LogP contribution in [-0.2, 0) is 4.74 Å². The number of nitrogens with two attached hydrogens (primary N) is 1. The van der Waals surface area contributed by atoms with E-state index < -0.39 is 0 Å². The van der Waals surface area contributed by atoms with E-state index in [1.807, 2.05) is 0 Å². The largest absolute Gasteiger partial charge is 0.370 e. The summed E-state index contributed by atoms with van der Waals surface area (Å²) in [7, 11) is 0. The molecule has 1 aromatic carbocycles. The maximum atomic E-state index is 6.29. The van der Waals surface area contributed by atoms with Gasteiger partial charge in [-0.05, 0) is 38.3 Å². The number of benzene rings is 1. The Morgan fingerprint density at radius 2 is 1.95 bits per heavy atom. The highest BCUT2D eigenvalue weighted by Gasteiger charge is 2.39. The molecule has 1 aliphatic heterocycles. The van der Waals surface area contributed by atoms with Crippen LogP contribution in [0.1, 0.15) is 50.4 Å². The first-order chi connectivity index (χ1) is 8.96. The lowest BCUT2D eigenvalue weighted by Gasteiger charge is -2.44. The van der Waals surface area contributed by atoms with Gasteiger partial charge in [0.1, 0.15) is 0 Å². The van der Waals surface area contributed by atoms with Gasteiger partial charge in [-0.1, -0.05) is 24.3 Å². The van der Waals surface area contributed by atoms with Crippen molar-refractivity contribution in [2.45, 2.75) is 51.0 Å². The summed E-state index contributed by atoms with van der Waals surface area (Å²) in [5, 5.41) is 0. The first kappa shape index (κ1) is 13.1. The molecule has 1 saturated heterocycles. The van der Waals surface area contributed by atoms with Crippen molar-refractivity contribution >= 4 is 0 Å². The zero-order chi connectivity index (χ0) is 13.6. The Morgan fingerprint density at radius 1 is 1.26 bits per heavy atom. The van der Waals surface area contributed by atoms with E-state index >= 15 is 0 Å².